The third-order valence-corrected chi connectivity index (χ3v) is 3.81. The van der Waals surface area contributed by atoms with Gasteiger partial charge in [-0.3, -0.25) is 0 Å². The minimum Gasteiger partial charge on any atom is -0.550 e. The number of benzene rings is 2. The number of quaternary nitrogens is 1. The third kappa shape index (κ3) is 2.76. The Morgan fingerprint density at radius 1 is 1.14 bits per heavy atom. The number of carboxylic acid groups (broad SMARTS) is 1. The number of para-hydroxylation sites is 1. The first kappa shape index (κ1) is 13.6. The topological polar surface area (TPSA) is 80.9 Å². The van der Waals surface area contributed by atoms with Crippen molar-refractivity contribution in [3.63, 3.8) is 0 Å². The van der Waals surface area contributed by atoms with Crippen LogP contribution in [0.15, 0.2) is 46.9 Å². The highest BCUT2D eigenvalue weighted by Crippen LogP contribution is 2.30. The van der Waals surface area contributed by atoms with Crippen LogP contribution >= 0.6 is 0 Å². The number of aliphatic carboxylic acids is 1. The maximum atomic E-state index is 10.5. The summed E-state index contributed by atoms with van der Waals surface area (Å²) in [6.45, 7) is 0. The molecule has 1 aromatic heterocycles. The lowest BCUT2D eigenvalue weighted by atomic mass is 10.00. The van der Waals surface area contributed by atoms with Gasteiger partial charge in [-0.2, -0.15) is 0 Å². The van der Waals surface area contributed by atoms with Gasteiger partial charge in [0.25, 0.3) is 0 Å². The Morgan fingerprint density at radius 3 is 2.71 bits per heavy atom. The van der Waals surface area contributed by atoms with Gasteiger partial charge in [0, 0.05) is 28.7 Å². The second-order valence-corrected chi connectivity index (χ2v) is 5.31. The summed E-state index contributed by atoms with van der Waals surface area (Å²) in [4.78, 5) is 10.5. The van der Waals surface area contributed by atoms with Crippen molar-refractivity contribution >= 4 is 27.9 Å². The van der Waals surface area contributed by atoms with E-state index in [1.807, 2.05) is 36.4 Å². The van der Waals surface area contributed by atoms with Crippen LogP contribution in [-0.4, -0.2) is 5.97 Å². The van der Waals surface area contributed by atoms with E-state index in [0.717, 1.165) is 33.9 Å². The molecule has 0 unspecified atom stereocenters. The predicted octanol–water partition coefficient (Wildman–Crippen LogP) is 1.79. The summed E-state index contributed by atoms with van der Waals surface area (Å²) >= 11 is 0. The summed E-state index contributed by atoms with van der Waals surface area (Å²) in [5, 5.41) is 12.6. The van der Waals surface area contributed by atoms with Gasteiger partial charge < -0.3 is 20.1 Å². The van der Waals surface area contributed by atoms with E-state index in [0.29, 0.717) is 6.42 Å². The van der Waals surface area contributed by atoms with Crippen molar-refractivity contribution in [3.8, 4) is 0 Å². The van der Waals surface area contributed by atoms with Crippen LogP contribution in [0.2, 0.25) is 0 Å². The Balaban J connectivity index is 1.89. The number of hydrogen-bond donors (Lipinski definition) is 1. The molecule has 2 aromatic carbocycles. The summed E-state index contributed by atoms with van der Waals surface area (Å²) < 4.78 is 5.79. The molecule has 3 aromatic rings. The summed E-state index contributed by atoms with van der Waals surface area (Å²) in [5.74, 6) is -1.00. The molecule has 0 amide bonds. The first-order chi connectivity index (χ1) is 10.1. The van der Waals surface area contributed by atoms with Crippen molar-refractivity contribution in [2.75, 3.05) is 0 Å². The van der Waals surface area contributed by atoms with Crippen molar-refractivity contribution in [1.82, 2.24) is 0 Å². The van der Waals surface area contributed by atoms with Crippen molar-refractivity contribution in [2.45, 2.75) is 25.3 Å². The van der Waals surface area contributed by atoms with Crippen molar-refractivity contribution in [1.29, 1.82) is 0 Å². The molecule has 0 aliphatic carbocycles. The molecule has 3 rings (SSSR count). The van der Waals surface area contributed by atoms with E-state index >= 15 is 0 Å². The number of carbonyl (C=O) groups excluding carboxylic acids is 1. The number of hydrogen-bond acceptors (Lipinski definition) is 3. The maximum Gasteiger partial charge on any atom is 0.135 e. The molecule has 0 aliphatic rings. The fourth-order valence-corrected chi connectivity index (χ4v) is 2.66. The molecule has 108 valence electrons. The summed E-state index contributed by atoms with van der Waals surface area (Å²) in [6, 6.07) is 14.1. The molecule has 0 spiro atoms. The van der Waals surface area contributed by atoms with Gasteiger partial charge in [-0.25, -0.2) is 0 Å². The van der Waals surface area contributed by atoms with E-state index in [1.165, 1.54) is 0 Å². The monoisotopic (exact) mass is 283 g/mol. The molecule has 4 heteroatoms. The van der Waals surface area contributed by atoms with E-state index in [9.17, 15) is 9.90 Å². The Labute approximate surface area is 122 Å². The maximum absolute atomic E-state index is 10.5. The molecule has 21 heavy (non-hydrogen) atoms. The van der Waals surface area contributed by atoms with Crippen LogP contribution in [0.4, 0.5) is 0 Å². The molecule has 0 bridgehead atoms. The molecule has 1 atom stereocenters. The zero-order valence-electron chi connectivity index (χ0n) is 11.7. The molecule has 0 radical (unpaired) electrons. The number of furan rings is 1. The van der Waals surface area contributed by atoms with Gasteiger partial charge in [0.1, 0.15) is 17.2 Å². The lowest BCUT2D eigenvalue weighted by molar-refractivity contribution is -0.428. The Bertz CT molecular complexity index is 791. The van der Waals surface area contributed by atoms with Crippen LogP contribution in [0, 0.1) is 0 Å². The van der Waals surface area contributed by atoms with E-state index in [4.69, 9.17) is 4.42 Å². The van der Waals surface area contributed by atoms with Crippen LogP contribution in [0.3, 0.4) is 0 Å². The molecule has 4 nitrogen and oxygen atoms in total. The SMILES string of the molecule is [NH3+][C@H](CCCC(=O)[O-])c1ccc2oc3ccccc3c2c1. The van der Waals surface area contributed by atoms with Crippen molar-refractivity contribution in [3.05, 3.63) is 48.0 Å². The quantitative estimate of drug-likeness (QED) is 0.775. The molecular weight excluding hydrogens is 266 g/mol. The Morgan fingerprint density at radius 2 is 1.90 bits per heavy atom. The molecule has 3 N–H and O–H groups in total. The minimum atomic E-state index is -1.00. The zero-order chi connectivity index (χ0) is 14.8. The molecule has 0 aliphatic heterocycles. The molecule has 1 heterocycles. The summed E-state index contributed by atoms with van der Waals surface area (Å²) in [6.07, 6.45) is 1.40. The third-order valence-electron chi connectivity index (χ3n) is 3.81. The largest absolute Gasteiger partial charge is 0.550 e. The minimum absolute atomic E-state index is 0.0717. The molecule has 0 saturated carbocycles. The smallest absolute Gasteiger partial charge is 0.135 e. The van der Waals surface area contributed by atoms with Gasteiger partial charge in [0.05, 0.1) is 0 Å². The number of carbonyl (C=O) groups is 1. The Hall–Kier alpha value is -2.33. The molecule has 0 saturated heterocycles. The van der Waals surface area contributed by atoms with Gasteiger partial charge in [-0.1, -0.05) is 18.2 Å². The number of fused-ring (bicyclic) bond motifs is 3. The fraction of sp³-hybridized carbons (Fsp3) is 0.235. The van der Waals surface area contributed by atoms with Gasteiger partial charge >= 0.3 is 0 Å². The van der Waals surface area contributed by atoms with E-state index in [1.54, 1.807) is 0 Å². The lowest BCUT2D eigenvalue weighted by Crippen LogP contribution is -2.53. The lowest BCUT2D eigenvalue weighted by Gasteiger charge is -2.09. The summed E-state index contributed by atoms with van der Waals surface area (Å²) in [5.41, 5.74) is 6.98. The van der Waals surface area contributed by atoms with E-state index < -0.39 is 5.97 Å². The van der Waals surface area contributed by atoms with Gasteiger partial charge in [-0.05, 0) is 37.1 Å². The van der Waals surface area contributed by atoms with Gasteiger partial charge in [0.15, 0.2) is 0 Å². The normalized spacial score (nSPS) is 12.8. The fourth-order valence-electron chi connectivity index (χ4n) is 2.66. The van der Waals surface area contributed by atoms with Crippen LogP contribution in [0.25, 0.3) is 21.9 Å². The second kappa shape index (κ2) is 5.58. The number of carboxylic acids is 1. The summed E-state index contributed by atoms with van der Waals surface area (Å²) in [7, 11) is 0. The first-order valence-corrected chi connectivity index (χ1v) is 7.09. The average molecular weight is 283 g/mol. The molecular formula is C17H17NO3. The van der Waals surface area contributed by atoms with Crippen LogP contribution in [0.5, 0.6) is 0 Å². The van der Waals surface area contributed by atoms with E-state index in [-0.39, 0.29) is 12.5 Å². The van der Waals surface area contributed by atoms with Crippen molar-refractivity contribution < 1.29 is 20.1 Å². The van der Waals surface area contributed by atoms with Crippen molar-refractivity contribution in [2.24, 2.45) is 0 Å². The highest BCUT2D eigenvalue weighted by molar-refractivity contribution is 6.04. The zero-order valence-corrected chi connectivity index (χ0v) is 11.7. The van der Waals surface area contributed by atoms with Gasteiger partial charge in [-0.15, -0.1) is 0 Å². The van der Waals surface area contributed by atoms with Gasteiger partial charge in [0.2, 0.25) is 0 Å². The van der Waals surface area contributed by atoms with Crippen LogP contribution < -0.4 is 10.8 Å². The Kier molecular flexibility index (Phi) is 3.62. The number of rotatable bonds is 5. The first-order valence-electron chi connectivity index (χ1n) is 7.09. The highest BCUT2D eigenvalue weighted by Gasteiger charge is 2.13. The standard InChI is InChI=1S/C17H17NO3/c18-14(5-3-7-17(19)20)11-8-9-16-13(10-11)12-4-1-2-6-15(12)21-16/h1-2,4,6,8-10,14H,3,5,7,18H2,(H,19,20)/t14-/m1/s1. The average Bonchev–Trinajstić information content (AvgIpc) is 2.84. The van der Waals surface area contributed by atoms with Crippen LogP contribution in [0.1, 0.15) is 30.9 Å². The second-order valence-electron chi connectivity index (χ2n) is 5.31. The highest BCUT2D eigenvalue weighted by atomic mass is 16.4. The van der Waals surface area contributed by atoms with E-state index in [2.05, 4.69) is 11.8 Å². The molecule has 0 fully saturated rings. The van der Waals surface area contributed by atoms with Crippen LogP contribution in [-0.2, 0) is 4.79 Å². The predicted molar refractivity (Wildman–Crippen MR) is 78.2 cm³/mol.